The lowest BCUT2D eigenvalue weighted by Crippen LogP contribution is -2.30. The van der Waals surface area contributed by atoms with Crippen LogP contribution in [0.3, 0.4) is 0 Å². The average molecular weight is 1480 g/mol. The summed E-state index contributed by atoms with van der Waals surface area (Å²) in [5, 5.41) is 20.6. The Bertz CT molecular complexity index is 2500. The molecule has 0 heterocycles. The van der Waals surface area contributed by atoms with E-state index >= 15 is 0 Å². The number of aliphatic hydroxyl groups excluding tert-OH is 2. The Morgan fingerprint density at radius 2 is 0.515 bits per heavy atom. The summed E-state index contributed by atoms with van der Waals surface area (Å²) in [6, 6.07) is 0. The van der Waals surface area contributed by atoms with Gasteiger partial charge in [0, 0.05) is 19.3 Å². The molecule has 0 aromatic heterocycles. The topological polar surface area (TPSA) is 231 Å². The highest BCUT2D eigenvalue weighted by molar-refractivity contribution is 7.47. The van der Waals surface area contributed by atoms with Gasteiger partial charge in [-0.05, 0) is 148 Å². The number of phosphoric acid groups is 2. The summed E-state index contributed by atoms with van der Waals surface area (Å²) < 4.78 is 61.1. The number of ether oxygens (including phenoxy) is 3. The Kier molecular flexibility index (Phi) is 73.2. The molecular formula is C85H142O16P2. The summed E-state index contributed by atoms with van der Waals surface area (Å²) in [7, 11) is -9.81. The molecule has 5 atom stereocenters. The Morgan fingerprint density at radius 1 is 0.282 bits per heavy atom. The largest absolute Gasteiger partial charge is 0.472 e. The van der Waals surface area contributed by atoms with Gasteiger partial charge in [0.05, 0.1) is 26.4 Å². The van der Waals surface area contributed by atoms with Crippen molar-refractivity contribution >= 4 is 33.6 Å². The number of hydrogen-bond acceptors (Lipinski definition) is 14. The molecule has 0 fully saturated rings. The summed E-state index contributed by atoms with van der Waals surface area (Å²) in [4.78, 5) is 58.7. The molecule has 0 aromatic carbocycles. The van der Waals surface area contributed by atoms with E-state index in [0.29, 0.717) is 19.3 Å². The number of allylic oxidation sites excluding steroid dienone is 26. The van der Waals surface area contributed by atoms with Gasteiger partial charge in [-0.3, -0.25) is 32.5 Å². The van der Waals surface area contributed by atoms with Gasteiger partial charge in [0.1, 0.15) is 25.4 Å². The predicted octanol–water partition coefficient (Wildman–Crippen LogP) is 23.4. The van der Waals surface area contributed by atoms with Crippen molar-refractivity contribution in [2.75, 3.05) is 39.6 Å². The second-order valence-corrected chi connectivity index (χ2v) is 29.0. The van der Waals surface area contributed by atoms with Crippen LogP contribution in [0.15, 0.2) is 158 Å². The maximum absolute atomic E-state index is 13.0. The molecule has 18 heteroatoms. The van der Waals surface area contributed by atoms with Gasteiger partial charge < -0.3 is 34.2 Å². The van der Waals surface area contributed by atoms with Crippen LogP contribution in [0.25, 0.3) is 0 Å². The van der Waals surface area contributed by atoms with Crippen LogP contribution in [0.5, 0.6) is 0 Å². The zero-order valence-electron chi connectivity index (χ0n) is 64.2. The van der Waals surface area contributed by atoms with Gasteiger partial charge in [0.15, 0.2) is 6.10 Å². The molecule has 0 saturated heterocycles. The van der Waals surface area contributed by atoms with E-state index in [1.54, 1.807) is 0 Å². The van der Waals surface area contributed by atoms with Gasteiger partial charge in [-0.2, -0.15) is 0 Å². The number of aliphatic hydroxyl groups is 2. The molecule has 588 valence electrons. The highest BCUT2D eigenvalue weighted by Crippen LogP contribution is 2.45. The molecule has 0 radical (unpaired) electrons. The molecule has 0 aliphatic rings. The van der Waals surface area contributed by atoms with Crippen molar-refractivity contribution in [3.8, 4) is 0 Å². The summed E-state index contributed by atoms with van der Waals surface area (Å²) in [5.41, 5.74) is 0. The molecule has 16 nitrogen and oxygen atoms in total. The third-order valence-corrected chi connectivity index (χ3v) is 18.1. The quantitative estimate of drug-likeness (QED) is 0.0146. The van der Waals surface area contributed by atoms with E-state index < -0.39 is 91.5 Å². The maximum Gasteiger partial charge on any atom is 0.472 e. The molecular weight excluding hydrogens is 1340 g/mol. The van der Waals surface area contributed by atoms with E-state index in [1.165, 1.54) is 83.5 Å². The first kappa shape index (κ1) is 98.2. The monoisotopic (exact) mass is 1480 g/mol. The van der Waals surface area contributed by atoms with Crippen LogP contribution in [0, 0.1) is 0 Å². The minimum Gasteiger partial charge on any atom is -0.463 e. The minimum absolute atomic E-state index is 0.0674. The zero-order valence-corrected chi connectivity index (χ0v) is 66.0. The lowest BCUT2D eigenvalue weighted by molar-refractivity contribution is -0.161. The number of esters is 3. The Hall–Kier alpha value is -4.83. The summed E-state index contributed by atoms with van der Waals surface area (Å²) in [5.74, 6) is -1.63. The molecule has 0 aliphatic carbocycles. The zero-order chi connectivity index (χ0) is 75.2. The molecule has 0 bridgehead atoms. The Labute approximate surface area is 625 Å². The minimum atomic E-state index is -4.95. The van der Waals surface area contributed by atoms with E-state index in [4.69, 9.17) is 32.3 Å². The van der Waals surface area contributed by atoms with Crippen LogP contribution in [0.1, 0.15) is 303 Å². The first-order valence-corrected chi connectivity index (χ1v) is 42.8. The van der Waals surface area contributed by atoms with E-state index in [-0.39, 0.29) is 19.3 Å². The van der Waals surface area contributed by atoms with Crippen molar-refractivity contribution in [3.63, 3.8) is 0 Å². The van der Waals surface area contributed by atoms with Crippen LogP contribution in [0.2, 0.25) is 0 Å². The fourth-order valence-corrected chi connectivity index (χ4v) is 11.8. The van der Waals surface area contributed by atoms with Crippen LogP contribution in [0.4, 0.5) is 0 Å². The number of unbranched alkanes of at least 4 members (excludes halogenated alkanes) is 25. The summed E-state index contributed by atoms with van der Waals surface area (Å²) in [6.45, 7) is 2.37. The SMILES string of the molecule is CC/C=C\C/C=C\C/C=C\C/C=C\C/C=C\CCCCCCCCCCCCCCCC(=O)OCC(O)COP(=O)(O)OCC(O)COP(=O)(O)OCC(COC(=O)CCCCCCC/C=C\C/C=C\C/C=C\C/C=C\CCCCC)OC(=O)CCCCCC/C=C\C/C=C\C/C=C\C/C=C\CC. The van der Waals surface area contributed by atoms with E-state index in [1.807, 2.05) is 0 Å². The van der Waals surface area contributed by atoms with Crippen molar-refractivity contribution in [2.45, 2.75) is 322 Å². The molecule has 0 rings (SSSR count). The Morgan fingerprint density at radius 3 is 0.816 bits per heavy atom. The second-order valence-electron chi connectivity index (χ2n) is 26.1. The van der Waals surface area contributed by atoms with Crippen molar-refractivity contribution in [3.05, 3.63) is 158 Å². The normalized spacial score (nSPS) is 14.8. The van der Waals surface area contributed by atoms with Crippen LogP contribution < -0.4 is 0 Å². The number of rotatable bonds is 74. The third kappa shape index (κ3) is 78.1. The lowest BCUT2D eigenvalue weighted by atomic mass is 10.0. The van der Waals surface area contributed by atoms with Gasteiger partial charge in [0.25, 0.3) is 0 Å². The molecule has 0 aliphatic heterocycles. The first-order valence-electron chi connectivity index (χ1n) is 39.8. The number of carbonyl (C=O) groups is 3. The predicted molar refractivity (Wildman–Crippen MR) is 426 cm³/mol. The third-order valence-electron chi connectivity index (χ3n) is 16.2. The molecule has 0 saturated carbocycles. The number of hydrogen-bond donors (Lipinski definition) is 4. The van der Waals surface area contributed by atoms with E-state index in [2.05, 4.69) is 179 Å². The molecule has 5 unspecified atom stereocenters. The van der Waals surface area contributed by atoms with Crippen molar-refractivity contribution in [1.82, 2.24) is 0 Å². The molecule has 0 aromatic rings. The second kappa shape index (κ2) is 76.8. The van der Waals surface area contributed by atoms with E-state index in [0.717, 1.165) is 161 Å². The standard InChI is InChI=1S/C85H142O16P2/c1-4-7-10-13-16-19-22-25-28-31-33-35-36-37-38-39-40-41-42-44-46-48-50-53-56-59-62-65-68-71-83(88)95-74-80(86)75-97-102(91,92)98-76-81(87)77-99-103(93,94)100-79-82(101-85(90)73-70-67-64-61-58-55-52-47-30-27-24-21-18-15-12-9-6-3)78-96-84(89)72-69-66-63-60-57-54-51-49-45-43-34-32-29-26-23-20-17-14-11-8-5-2/h7,9-10,12,16-21,25-30,33-35,37-38,43,49,51-52,55,80-82,86-87H,4-6,8,11,13-15,22-24,31-32,36,39-42,44-48,50,53-54,56-79H2,1-3H3,(H,91,92)(H,93,94)/b10-7-,12-9-,19-16-,20-17-,21-18-,28-25-,29-26-,30-27-,35-33-,38-37-,43-34-,51-49-,55-52-. The van der Waals surface area contributed by atoms with Crippen molar-refractivity contribution in [2.24, 2.45) is 0 Å². The van der Waals surface area contributed by atoms with Crippen LogP contribution in [-0.2, 0) is 55.8 Å². The number of carbonyl (C=O) groups excluding carboxylic acids is 3. The average Bonchev–Trinajstić information content (AvgIpc) is 0.914. The van der Waals surface area contributed by atoms with Crippen LogP contribution >= 0.6 is 15.6 Å². The van der Waals surface area contributed by atoms with Gasteiger partial charge in [-0.1, -0.05) is 294 Å². The highest BCUT2D eigenvalue weighted by Gasteiger charge is 2.29. The molecule has 4 N–H and O–H groups in total. The maximum atomic E-state index is 13.0. The highest BCUT2D eigenvalue weighted by atomic mass is 31.2. The van der Waals surface area contributed by atoms with Gasteiger partial charge >= 0.3 is 33.6 Å². The first-order chi connectivity index (χ1) is 50.2. The lowest BCUT2D eigenvalue weighted by Gasteiger charge is -2.21. The summed E-state index contributed by atoms with van der Waals surface area (Å²) in [6.07, 6.45) is 95.7. The molecule has 0 spiro atoms. The number of phosphoric ester groups is 2. The molecule has 0 amide bonds. The Balaban J connectivity index is 4.60. The van der Waals surface area contributed by atoms with Crippen molar-refractivity contribution in [1.29, 1.82) is 0 Å². The fraction of sp³-hybridized carbons (Fsp3) is 0.659. The smallest absolute Gasteiger partial charge is 0.463 e. The fourth-order valence-electron chi connectivity index (χ4n) is 10.2. The van der Waals surface area contributed by atoms with Gasteiger partial charge in [-0.25, -0.2) is 9.13 Å². The van der Waals surface area contributed by atoms with Crippen molar-refractivity contribution < 1.29 is 75.8 Å². The summed E-state index contributed by atoms with van der Waals surface area (Å²) >= 11 is 0. The molecule has 103 heavy (non-hydrogen) atoms. The van der Waals surface area contributed by atoms with Gasteiger partial charge in [-0.15, -0.1) is 0 Å². The van der Waals surface area contributed by atoms with E-state index in [9.17, 15) is 43.5 Å². The van der Waals surface area contributed by atoms with Crippen LogP contribution in [-0.4, -0.2) is 95.9 Å². The van der Waals surface area contributed by atoms with Gasteiger partial charge in [0.2, 0.25) is 0 Å².